The van der Waals surface area contributed by atoms with Crippen LogP contribution in [0.25, 0.3) is 11.1 Å². The number of aromatic carboxylic acids is 1. The maximum Gasteiger partial charge on any atom is 0.355 e. The summed E-state index contributed by atoms with van der Waals surface area (Å²) >= 11 is 0. The van der Waals surface area contributed by atoms with Crippen LogP contribution in [0.3, 0.4) is 0 Å². The molecule has 1 aliphatic heterocycles. The molecule has 0 aromatic heterocycles. The number of benzene rings is 3. The Balaban J connectivity index is 2.08. The summed E-state index contributed by atoms with van der Waals surface area (Å²) in [7, 11) is 3.79. The van der Waals surface area contributed by atoms with Gasteiger partial charge in [0.25, 0.3) is 0 Å². The summed E-state index contributed by atoms with van der Waals surface area (Å²) in [5.41, 5.74) is 7.37. The molecule has 0 aliphatic carbocycles. The second-order valence-corrected chi connectivity index (χ2v) is 8.60. The van der Waals surface area contributed by atoms with Gasteiger partial charge in [0.15, 0.2) is 0 Å². The van der Waals surface area contributed by atoms with Gasteiger partial charge in [-0.3, -0.25) is 4.90 Å². The average Bonchev–Trinajstić information content (AvgIpc) is 2.99. The summed E-state index contributed by atoms with van der Waals surface area (Å²) in [6.45, 7) is 0. The quantitative estimate of drug-likeness (QED) is 0.422. The molecule has 0 fully saturated rings. The van der Waals surface area contributed by atoms with E-state index in [4.69, 9.17) is 19.9 Å². The molecule has 0 saturated heterocycles. The van der Waals surface area contributed by atoms with Crippen molar-refractivity contribution in [1.29, 1.82) is 5.26 Å². The van der Waals surface area contributed by atoms with Crippen LogP contribution in [0.2, 0.25) is 0 Å². The number of methoxy groups -OCH3 is 3. The number of anilines is 1. The van der Waals surface area contributed by atoms with Crippen molar-refractivity contribution in [3.05, 3.63) is 107 Å². The van der Waals surface area contributed by atoms with Gasteiger partial charge in [-0.1, -0.05) is 48.5 Å². The Morgan fingerprint density at radius 3 is 2.08 bits per heavy atom. The fraction of sp³-hybridized carbons (Fsp3) is 0.133. The van der Waals surface area contributed by atoms with Crippen molar-refractivity contribution in [2.75, 3.05) is 26.2 Å². The second-order valence-electron chi connectivity index (χ2n) is 8.60. The van der Waals surface area contributed by atoms with Crippen molar-refractivity contribution in [1.82, 2.24) is 0 Å². The van der Waals surface area contributed by atoms with Gasteiger partial charge in [-0.15, -0.1) is 0 Å². The molecule has 10 nitrogen and oxygen atoms in total. The highest BCUT2D eigenvalue weighted by Crippen LogP contribution is 2.44. The van der Waals surface area contributed by atoms with Crippen LogP contribution >= 0.6 is 0 Å². The zero-order valence-electron chi connectivity index (χ0n) is 21.9. The summed E-state index contributed by atoms with van der Waals surface area (Å²) in [5.74, 6) is -3.91. The number of ether oxygens (including phenoxy) is 3. The maximum atomic E-state index is 13.4. The fourth-order valence-corrected chi connectivity index (χ4v) is 4.62. The third-order valence-electron chi connectivity index (χ3n) is 6.50. The summed E-state index contributed by atoms with van der Waals surface area (Å²) < 4.78 is 15.3. The minimum atomic E-state index is -1.32. The molecule has 4 rings (SSSR count). The lowest BCUT2D eigenvalue weighted by Crippen LogP contribution is -2.41. The first-order valence-electron chi connectivity index (χ1n) is 11.9. The van der Waals surface area contributed by atoms with Crippen molar-refractivity contribution in [2.24, 2.45) is 5.73 Å². The molecule has 40 heavy (non-hydrogen) atoms. The van der Waals surface area contributed by atoms with Crippen LogP contribution in [0.4, 0.5) is 5.69 Å². The molecule has 3 aromatic rings. The number of carboxylic acids is 1. The maximum absolute atomic E-state index is 13.4. The van der Waals surface area contributed by atoms with E-state index >= 15 is 0 Å². The molecule has 0 saturated carbocycles. The van der Waals surface area contributed by atoms with Crippen LogP contribution in [-0.4, -0.2) is 44.3 Å². The van der Waals surface area contributed by atoms with Crippen molar-refractivity contribution < 1.29 is 33.7 Å². The van der Waals surface area contributed by atoms with Crippen molar-refractivity contribution in [3.63, 3.8) is 0 Å². The van der Waals surface area contributed by atoms with Crippen LogP contribution in [0.5, 0.6) is 5.75 Å². The molecule has 3 aromatic carbocycles. The average molecular weight is 540 g/mol. The van der Waals surface area contributed by atoms with Gasteiger partial charge in [0.1, 0.15) is 17.3 Å². The summed E-state index contributed by atoms with van der Waals surface area (Å²) in [5, 5.41) is 20.3. The molecule has 0 amide bonds. The largest absolute Gasteiger partial charge is 0.497 e. The van der Waals surface area contributed by atoms with Gasteiger partial charge in [0, 0.05) is 0 Å². The van der Waals surface area contributed by atoms with Gasteiger partial charge in [-0.25, -0.2) is 14.4 Å². The zero-order valence-corrected chi connectivity index (χ0v) is 21.9. The number of allylic oxidation sites excluding steroid dienone is 1. The van der Waals surface area contributed by atoms with Crippen LogP contribution < -0.4 is 15.4 Å². The second kappa shape index (κ2) is 11.4. The van der Waals surface area contributed by atoms with E-state index in [1.807, 2.05) is 0 Å². The van der Waals surface area contributed by atoms with E-state index in [0.29, 0.717) is 22.4 Å². The summed E-state index contributed by atoms with van der Waals surface area (Å²) in [6.07, 6.45) is 0. The molecule has 1 heterocycles. The standard InChI is InChI=1S/C30H25N3O7/c1-38-20-12-9-17(10-13-20)19-11-14-21(28(34)35)23(15-19)33-26(30(37)40-3)25(29(36)39-2)24(22(16-31)27(33)32)18-7-5-4-6-8-18/h4-15,24H,32H2,1-3H3,(H,34,35). The number of nitrogens with zero attached hydrogens (tertiary/aromatic N) is 2. The lowest BCUT2D eigenvalue weighted by Gasteiger charge is -2.36. The van der Waals surface area contributed by atoms with Crippen molar-refractivity contribution in [2.45, 2.75) is 5.92 Å². The zero-order chi connectivity index (χ0) is 29.0. The molecule has 1 unspecified atom stereocenters. The number of esters is 2. The van der Waals surface area contributed by atoms with Crippen LogP contribution in [-0.2, 0) is 19.1 Å². The molecule has 0 spiro atoms. The van der Waals surface area contributed by atoms with E-state index in [1.165, 1.54) is 19.2 Å². The molecule has 202 valence electrons. The first-order chi connectivity index (χ1) is 19.3. The van der Waals surface area contributed by atoms with Gasteiger partial charge in [-0.05, 0) is 41.0 Å². The van der Waals surface area contributed by atoms with Crippen molar-refractivity contribution in [3.8, 4) is 22.9 Å². The Bertz CT molecular complexity index is 1590. The highest BCUT2D eigenvalue weighted by atomic mass is 16.5. The first kappa shape index (κ1) is 27.5. The Hall–Kier alpha value is -5.56. The monoisotopic (exact) mass is 539 g/mol. The minimum absolute atomic E-state index is 0.0561. The van der Waals surface area contributed by atoms with Gasteiger partial charge in [0.2, 0.25) is 0 Å². The number of carbonyl (C=O) groups excluding carboxylic acids is 2. The molecule has 10 heteroatoms. The summed E-state index contributed by atoms with van der Waals surface area (Å²) in [4.78, 5) is 40.1. The van der Waals surface area contributed by atoms with E-state index in [2.05, 4.69) is 6.07 Å². The summed E-state index contributed by atoms with van der Waals surface area (Å²) in [6, 6.07) is 22.1. The lowest BCUT2D eigenvalue weighted by molar-refractivity contribution is -0.139. The predicted octanol–water partition coefficient (Wildman–Crippen LogP) is 3.96. The predicted molar refractivity (Wildman–Crippen MR) is 145 cm³/mol. The van der Waals surface area contributed by atoms with Gasteiger partial charge in [-0.2, -0.15) is 5.26 Å². The Labute approximate surface area is 230 Å². The highest BCUT2D eigenvalue weighted by Gasteiger charge is 2.43. The van der Waals surface area contributed by atoms with Gasteiger partial charge in [0.05, 0.1) is 55.7 Å². The first-order valence-corrected chi connectivity index (χ1v) is 11.9. The molecule has 0 bridgehead atoms. The van der Waals surface area contributed by atoms with Crippen LogP contribution in [0.1, 0.15) is 21.8 Å². The fourth-order valence-electron chi connectivity index (χ4n) is 4.62. The SMILES string of the molecule is COC(=O)C1=C(C(=O)OC)N(c2cc(-c3ccc(OC)cc3)ccc2C(=O)O)C(N)=C(C#N)C1c1ccccc1. The Kier molecular flexibility index (Phi) is 7.86. The molecule has 0 radical (unpaired) electrons. The third-order valence-corrected chi connectivity index (χ3v) is 6.50. The number of hydrogen-bond acceptors (Lipinski definition) is 9. The highest BCUT2D eigenvalue weighted by molar-refractivity contribution is 6.08. The van der Waals surface area contributed by atoms with Crippen LogP contribution in [0, 0.1) is 11.3 Å². The smallest absolute Gasteiger partial charge is 0.355 e. The van der Waals surface area contributed by atoms with Crippen LogP contribution in [0.15, 0.2) is 95.5 Å². The number of hydrogen-bond donors (Lipinski definition) is 2. The Morgan fingerprint density at radius 1 is 0.900 bits per heavy atom. The lowest BCUT2D eigenvalue weighted by atomic mass is 9.80. The third kappa shape index (κ3) is 4.83. The minimum Gasteiger partial charge on any atom is -0.497 e. The van der Waals surface area contributed by atoms with E-state index in [1.54, 1.807) is 60.7 Å². The number of carbonyl (C=O) groups is 3. The number of nitriles is 1. The van der Waals surface area contributed by atoms with E-state index in [0.717, 1.165) is 19.1 Å². The molecule has 1 aliphatic rings. The number of rotatable bonds is 7. The Morgan fingerprint density at radius 2 is 1.52 bits per heavy atom. The van der Waals surface area contributed by atoms with E-state index in [9.17, 15) is 24.8 Å². The molecule has 3 N–H and O–H groups in total. The van der Waals surface area contributed by atoms with Crippen molar-refractivity contribution >= 4 is 23.6 Å². The topological polar surface area (TPSA) is 152 Å². The molecule has 1 atom stereocenters. The number of nitrogens with two attached hydrogens (primary N) is 1. The van der Waals surface area contributed by atoms with E-state index < -0.39 is 23.8 Å². The normalized spacial score (nSPS) is 14.8. The number of carboxylic acid groups (broad SMARTS) is 1. The van der Waals surface area contributed by atoms with Gasteiger partial charge >= 0.3 is 17.9 Å². The van der Waals surface area contributed by atoms with Gasteiger partial charge < -0.3 is 25.1 Å². The molecular weight excluding hydrogens is 514 g/mol. The molecular formula is C30H25N3O7. The van der Waals surface area contributed by atoms with E-state index in [-0.39, 0.29) is 33.9 Å².